The number of amides is 1. The maximum atomic E-state index is 10.6. The van der Waals surface area contributed by atoms with Gasteiger partial charge in [-0.1, -0.05) is 36.6 Å². The van der Waals surface area contributed by atoms with Crippen LogP contribution in [0, 0.1) is 0 Å². The topological polar surface area (TPSA) is 55.4 Å². The first-order valence-corrected chi connectivity index (χ1v) is 4.78. The average molecular weight is 210 g/mol. The Balaban J connectivity index is 4.20. The maximum Gasteiger partial charge on any atom is 0.244 e. The second-order valence-electron chi connectivity index (χ2n) is 2.72. The van der Waals surface area contributed by atoms with Crippen molar-refractivity contribution in [3.63, 3.8) is 0 Å². The number of rotatable bonds is 3. The molecule has 0 heterocycles. The number of nitrogens with two attached hydrogens (primary N) is 1. The second-order valence-corrected chi connectivity index (χ2v) is 3.86. The van der Waals surface area contributed by atoms with Crippen LogP contribution in [0.1, 0.15) is 13.8 Å². The van der Waals surface area contributed by atoms with Crippen molar-refractivity contribution in [3.05, 3.63) is 35.8 Å². The lowest BCUT2D eigenvalue weighted by Crippen LogP contribution is -2.08. The Morgan fingerprint density at radius 1 is 1.36 bits per heavy atom. The summed E-state index contributed by atoms with van der Waals surface area (Å²) in [4.78, 5) is 14.8. The first-order chi connectivity index (χ1) is 6.41. The summed E-state index contributed by atoms with van der Waals surface area (Å²) in [6.45, 7) is 10.7. The minimum Gasteiger partial charge on any atom is -0.378 e. The summed E-state index contributed by atoms with van der Waals surface area (Å²) in [6.07, 6.45) is 3.59. The molecule has 4 heteroatoms. The molecule has 0 spiro atoms. The van der Waals surface area contributed by atoms with Gasteiger partial charge in [-0.25, -0.2) is 0 Å². The largest absolute Gasteiger partial charge is 0.378 e. The summed E-state index contributed by atoms with van der Waals surface area (Å²) in [5.74, 6) is -0.313. The number of amidine groups is 1. The van der Waals surface area contributed by atoms with Gasteiger partial charge in [0, 0.05) is 11.8 Å². The number of nitrogens with zero attached hydrogens (tertiary/aromatic N) is 1. The molecule has 14 heavy (non-hydrogen) atoms. The molecule has 0 aliphatic rings. The maximum absolute atomic E-state index is 10.6. The second kappa shape index (κ2) is 6.21. The summed E-state index contributed by atoms with van der Waals surface area (Å²) in [6, 6.07) is 0. The van der Waals surface area contributed by atoms with Gasteiger partial charge in [-0.2, -0.15) is 4.99 Å². The zero-order valence-corrected chi connectivity index (χ0v) is 9.23. The van der Waals surface area contributed by atoms with Crippen molar-refractivity contribution < 1.29 is 4.79 Å². The van der Waals surface area contributed by atoms with Gasteiger partial charge in [0.05, 0.1) is 0 Å². The molecular weight excluding hydrogens is 196 g/mol. The lowest BCUT2D eigenvalue weighted by molar-refractivity contribution is -0.115. The van der Waals surface area contributed by atoms with Crippen LogP contribution in [0.25, 0.3) is 0 Å². The lowest BCUT2D eigenvalue weighted by atomic mass is 10.3. The molecule has 0 aromatic heterocycles. The van der Waals surface area contributed by atoms with Crippen molar-refractivity contribution in [2.24, 2.45) is 10.7 Å². The van der Waals surface area contributed by atoms with Gasteiger partial charge < -0.3 is 5.73 Å². The molecule has 0 bridgehead atoms. The highest BCUT2D eigenvalue weighted by Crippen LogP contribution is 2.15. The molecule has 0 aromatic rings. The van der Waals surface area contributed by atoms with Crippen LogP contribution >= 0.6 is 11.8 Å². The number of hydrogen-bond donors (Lipinski definition) is 1. The molecule has 0 aliphatic carbocycles. The van der Waals surface area contributed by atoms with Crippen LogP contribution in [0.5, 0.6) is 0 Å². The van der Waals surface area contributed by atoms with E-state index in [0.29, 0.717) is 0 Å². The predicted molar refractivity (Wildman–Crippen MR) is 63.0 cm³/mol. The van der Waals surface area contributed by atoms with Crippen LogP contribution in [0.2, 0.25) is 0 Å². The molecule has 0 saturated heterocycles. The molecule has 0 atom stereocenters. The molecule has 1 amide bonds. The van der Waals surface area contributed by atoms with Crippen molar-refractivity contribution in [1.29, 1.82) is 0 Å². The van der Waals surface area contributed by atoms with Crippen molar-refractivity contribution in [3.8, 4) is 0 Å². The molecule has 0 radical (unpaired) electrons. The van der Waals surface area contributed by atoms with Gasteiger partial charge in [-0.05, 0) is 13.0 Å². The number of allylic oxidation sites excluding steroid dienone is 3. The monoisotopic (exact) mass is 210 g/mol. The number of hydrogen-bond acceptors (Lipinski definition) is 2. The van der Waals surface area contributed by atoms with Gasteiger partial charge in [-0.3, -0.25) is 4.79 Å². The molecule has 2 N–H and O–H groups in total. The third-order valence-electron chi connectivity index (χ3n) is 1.06. The van der Waals surface area contributed by atoms with E-state index in [9.17, 15) is 4.79 Å². The minimum atomic E-state index is -0.313. The normalized spacial score (nSPS) is 11.7. The SMILES string of the molecule is C=C(C)/C=C\C(=C)SC(N)=NC(C)=O. The fourth-order valence-corrected chi connectivity index (χ4v) is 1.16. The smallest absolute Gasteiger partial charge is 0.244 e. The van der Waals surface area contributed by atoms with Gasteiger partial charge >= 0.3 is 0 Å². The third-order valence-corrected chi connectivity index (χ3v) is 1.76. The first kappa shape index (κ1) is 12.7. The van der Waals surface area contributed by atoms with E-state index in [1.54, 1.807) is 6.08 Å². The molecule has 0 aromatic carbocycles. The van der Waals surface area contributed by atoms with Crippen molar-refractivity contribution in [2.75, 3.05) is 0 Å². The fourth-order valence-electron chi connectivity index (χ4n) is 0.582. The molecular formula is C10H14N2OS. The van der Waals surface area contributed by atoms with E-state index < -0.39 is 0 Å². The van der Waals surface area contributed by atoms with E-state index in [0.717, 1.165) is 22.2 Å². The molecule has 0 unspecified atom stereocenters. The number of thioether (sulfide) groups is 1. The van der Waals surface area contributed by atoms with E-state index in [2.05, 4.69) is 18.2 Å². The lowest BCUT2D eigenvalue weighted by Gasteiger charge is -1.97. The summed E-state index contributed by atoms with van der Waals surface area (Å²) in [7, 11) is 0. The summed E-state index contributed by atoms with van der Waals surface area (Å²) < 4.78 is 0. The van der Waals surface area contributed by atoms with Crippen LogP contribution in [-0.4, -0.2) is 11.1 Å². The van der Waals surface area contributed by atoms with Gasteiger partial charge in [0.25, 0.3) is 0 Å². The highest BCUT2D eigenvalue weighted by atomic mass is 32.2. The first-order valence-electron chi connectivity index (χ1n) is 3.97. The zero-order valence-electron chi connectivity index (χ0n) is 8.41. The quantitative estimate of drug-likeness (QED) is 0.441. The van der Waals surface area contributed by atoms with Gasteiger partial charge in [0.15, 0.2) is 5.17 Å². The van der Waals surface area contributed by atoms with E-state index in [-0.39, 0.29) is 11.1 Å². The summed E-state index contributed by atoms with van der Waals surface area (Å²) in [5.41, 5.74) is 6.38. The molecule has 0 fully saturated rings. The van der Waals surface area contributed by atoms with Crippen molar-refractivity contribution in [1.82, 2.24) is 0 Å². The highest BCUT2D eigenvalue weighted by molar-refractivity contribution is 8.17. The molecule has 0 aliphatic heterocycles. The van der Waals surface area contributed by atoms with Crippen LogP contribution in [0.4, 0.5) is 0 Å². The van der Waals surface area contributed by atoms with E-state index >= 15 is 0 Å². The Kier molecular flexibility index (Phi) is 5.64. The summed E-state index contributed by atoms with van der Waals surface area (Å²) in [5, 5.41) is 0.203. The minimum absolute atomic E-state index is 0.203. The fraction of sp³-hybridized carbons (Fsp3) is 0.200. The molecule has 0 saturated carbocycles. The Bertz CT molecular complexity index is 316. The number of carbonyl (C=O) groups is 1. The van der Waals surface area contributed by atoms with Gasteiger partial charge in [-0.15, -0.1) is 0 Å². The number of aliphatic imine (C=N–C) groups is 1. The Labute approximate surface area is 88.5 Å². The van der Waals surface area contributed by atoms with Crippen LogP contribution in [0.3, 0.4) is 0 Å². The average Bonchev–Trinajstić information content (AvgIpc) is 1.98. The predicted octanol–water partition coefficient (Wildman–Crippen LogP) is 2.23. The van der Waals surface area contributed by atoms with Crippen LogP contribution in [0.15, 0.2) is 40.8 Å². The molecule has 76 valence electrons. The Morgan fingerprint density at radius 3 is 2.36 bits per heavy atom. The Morgan fingerprint density at radius 2 is 1.93 bits per heavy atom. The highest BCUT2D eigenvalue weighted by Gasteiger charge is 1.97. The zero-order chi connectivity index (χ0) is 11.1. The Hall–Kier alpha value is -1.29. The van der Waals surface area contributed by atoms with E-state index in [4.69, 9.17) is 5.73 Å². The molecule has 0 rings (SSSR count). The van der Waals surface area contributed by atoms with Crippen LogP contribution in [-0.2, 0) is 4.79 Å². The van der Waals surface area contributed by atoms with Crippen LogP contribution < -0.4 is 5.73 Å². The summed E-state index contributed by atoms with van der Waals surface area (Å²) >= 11 is 1.15. The third kappa shape index (κ3) is 7.36. The van der Waals surface area contributed by atoms with Crippen molar-refractivity contribution >= 4 is 22.8 Å². The van der Waals surface area contributed by atoms with Crippen molar-refractivity contribution in [2.45, 2.75) is 13.8 Å². The van der Waals surface area contributed by atoms with Gasteiger partial charge in [0.1, 0.15) is 0 Å². The molecule has 3 nitrogen and oxygen atoms in total. The van der Waals surface area contributed by atoms with E-state index in [1.807, 2.05) is 13.0 Å². The van der Waals surface area contributed by atoms with Gasteiger partial charge in [0.2, 0.25) is 5.91 Å². The van der Waals surface area contributed by atoms with E-state index in [1.165, 1.54) is 6.92 Å². The number of carbonyl (C=O) groups excluding carboxylic acids is 1. The standard InChI is InChI=1S/C10H14N2OS/c1-7(2)5-6-8(3)14-10(11)12-9(4)13/h5-6H,1,3H2,2,4H3,(H2,11,12,13)/b6-5-.